The van der Waals surface area contributed by atoms with Crippen molar-refractivity contribution in [1.29, 1.82) is 0 Å². The molecule has 0 spiro atoms. The van der Waals surface area contributed by atoms with E-state index in [4.69, 9.17) is 4.42 Å². The van der Waals surface area contributed by atoms with Gasteiger partial charge in [-0.3, -0.25) is 4.79 Å². The van der Waals surface area contributed by atoms with Gasteiger partial charge in [0.1, 0.15) is 5.76 Å². The van der Waals surface area contributed by atoms with E-state index in [0.29, 0.717) is 22.4 Å². The van der Waals surface area contributed by atoms with E-state index in [2.05, 4.69) is 41.6 Å². The van der Waals surface area contributed by atoms with Gasteiger partial charge in [-0.25, -0.2) is 10.5 Å². The summed E-state index contributed by atoms with van der Waals surface area (Å²) >= 11 is 4.60. The van der Waals surface area contributed by atoms with E-state index < -0.39 is 0 Å². The Labute approximate surface area is 150 Å². The number of anilines is 1. The third-order valence-electron chi connectivity index (χ3n) is 2.87. The van der Waals surface area contributed by atoms with Crippen molar-refractivity contribution in [3.05, 3.63) is 58.5 Å². The van der Waals surface area contributed by atoms with Gasteiger partial charge in [0.05, 0.1) is 18.2 Å². The Bertz CT molecular complexity index is 830. The molecule has 0 saturated carbocycles. The van der Waals surface area contributed by atoms with Crippen molar-refractivity contribution in [2.24, 2.45) is 5.10 Å². The molecule has 0 unspecified atom stereocenters. The molecular weight excluding hydrogens is 394 g/mol. The first-order valence-corrected chi connectivity index (χ1v) is 8.65. The highest BCUT2D eigenvalue weighted by molar-refractivity contribution is 9.10. The zero-order chi connectivity index (χ0) is 16.8. The predicted octanol–water partition coefficient (Wildman–Crippen LogP) is 3.58. The fraction of sp³-hybridized carbons (Fsp3) is 0.0667. The number of nitrogens with zero attached hydrogens (tertiary/aromatic N) is 3. The third-order valence-corrected chi connectivity index (χ3v) is 4.24. The van der Waals surface area contributed by atoms with E-state index in [1.54, 1.807) is 30.5 Å². The lowest BCUT2D eigenvalue weighted by Crippen LogP contribution is -2.02. The van der Waals surface area contributed by atoms with Crippen LogP contribution in [0, 0.1) is 0 Å². The quantitative estimate of drug-likeness (QED) is 0.270. The molecule has 2 aromatic heterocycles. The zero-order valence-corrected chi connectivity index (χ0v) is 14.7. The summed E-state index contributed by atoms with van der Waals surface area (Å²) in [5.74, 6) is 1.28. The fourth-order valence-electron chi connectivity index (χ4n) is 1.73. The Kier molecular flexibility index (Phi) is 5.44. The summed E-state index contributed by atoms with van der Waals surface area (Å²) in [7, 11) is 0. The lowest BCUT2D eigenvalue weighted by Gasteiger charge is -1.99. The van der Waals surface area contributed by atoms with Gasteiger partial charge in [-0.15, -0.1) is 5.10 Å². The summed E-state index contributed by atoms with van der Waals surface area (Å²) in [6.07, 6.45) is 3.08. The molecule has 0 fully saturated rings. The molecule has 0 aliphatic heterocycles. The molecule has 1 aromatic carbocycles. The molecule has 9 heteroatoms. The minimum atomic E-state index is 0.0163. The largest absolute Gasteiger partial charge is 0.463 e. The Balaban J connectivity index is 1.50. The maximum Gasteiger partial charge on any atom is 0.240 e. The van der Waals surface area contributed by atoms with E-state index in [0.717, 1.165) is 4.47 Å². The van der Waals surface area contributed by atoms with Crippen LogP contribution in [0.5, 0.6) is 0 Å². The maximum atomic E-state index is 12.1. The molecule has 0 aliphatic rings. The van der Waals surface area contributed by atoms with Crippen LogP contribution in [-0.4, -0.2) is 32.9 Å². The number of furan rings is 1. The van der Waals surface area contributed by atoms with Crippen LogP contribution >= 0.6 is 27.7 Å². The lowest BCUT2D eigenvalue weighted by atomic mass is 10.2. The molecule has 24 heavy (non-hydrogen) atoms. The molecule has 2 heterocycles. The highest BCUT2D eigenvalue weighted by Crippen LogP contribution is 2.17. The fourth-order valence-corrected chi connectivity index (χ4v) is 2.69. The van der Waals surface area contributed by atoms with Crippen molar-refractivity contribution in [2.75, 3.05) is 11.2 Å². The minimum absolute atomic E-state index is 0.0163. The number of H-pyrrole nitrogens is 1. The van der Waals surface area contributed by atoms with Crippen molar-refractivity contribution in [1.82, 2.24) is 15.2 Å². The molecule has 3 rings (SSSR count). The van der Waals surface area contributed by atoms with E-state index >= 15 is 0 Å². The number of ketones is 1. The molecule has 122 valence electrons. The van der Waals surface area contributed by atoms with Crippen LogP contribution in [-0.2, 0) is 0 Å². The summed E-state index contributed by atoms with van der Waals surface area (Å²) in [5.41, 5.74) is 3.36. The predicted molar refractivity (Wildman–Crippen MR) is 95.5 cm³/mol. The van der Waals surface area contributed by atoms with Gasteiger partial charge in [-0.2, -0.15) is 10.1 Å². The van der Waals surface area contributed by atoms with Crippen LogP contribution in [0.4, 0.5) is 5.95 Å². The third kappa shape index (κ3) is 4.56. The monoisotopic (exact) mass is 405 g/mol. The lowest BCUT2D eigenvalue weighted by molar-refractivity contribution is 0.102. The van der Waals surface area contributed by atoms with Gasteiger partial charge in [0.25, 0.3) is 0 Å². The average molecular weight is 406 g/mol. The molecule has 0 amide bonds. The average Bonchev–Trinajstić information content (AvgIpc) is 3.25. The Morgan fingerprint density at radius 3 is 2.96 bits per heavy atom. The van der Waals surface area contributed by atoms with E-state index in [9.17, 15) is 4.79 Å². The molecular formula is C15H12BrN5O2S. The van der Waals surface area contributed by atoms with Gasteiger partial charge in [0.15, 0.2) is 5.78 Å². The smallest absolute Gasteiger partial charge is 0.240 e. The second kappa shape index (κ2) is 7.93. The number of aromatic amines is 1. The van der Waals surface area contributed by atoms with Gasteiger partial charge in [-0.1, -0.05) is 39.8 Å². The van der Waals surface area contributed by atoms with Crippen molar-refractivity contribution < 1.29 is 9.21 Å². The first-order valence-electron chi connectivity index (χ1n) is 6.87. The number of rotatable bonds is 7. The number of hydrogen-bond acceptors (Lipinski definition) is 7. The summed E-state index contributed by atoms with van der Waals surface area (Å²) in [6.45, 7) is 0. The molecule has 3 aromatic rings. The Morgan fingerprint density at radius 1 is 1.38 bits per heavy atom. The van der Waals surface area contributed by atoms with Crippen LogP contribution in [0.15, 0.2) is 61.8 Å². The van der Waals surface area contributed by atoms with Gasteiger partial charge < -0.3 is 4.42 Å². The van der Waals surface area contributed by atoms with Gasteiger partial charge in [-0.05, 0) is 24.3 Å². The van der Waals surface area contributed by atoms with Crippen LogP contribution in [0.2, 0.25) is 0 Å². The Morgan fingerprint density at radius 2 is 2.21 bits per heavy atom. The summed E-state index contributed by atoms with van der Waals surface area (Å²) in [6, 6.07) is 10.8. The molecule has 0 radical (unpaired) electrons. The number of Topliss-reactive ketones (excluding diaryl/α,β-unsaturated/α-hetero) is 1. The van der Waals surface area contributed by atoms with Crippen molar-refractivity contribution in [2.45, 2.75) is 5.16 Å². The van der Waals surface area contributed by atoms with Crippen LogP contribution < -0.4 is 5.43 Å². The number of hydrazone groups is 1. The van der Waals surface area contributed by atoms with Gasteiger partial charge in [0.2, 0.25) is 11.1 Å². The normalized spacial score (nSPS) is 11.0. The highest BCUT2D eigenvalue weighted by Gasteiger charge is 2.09. The molecule has 0 bridgehead atoms. The van der Waals surface area contributed by atoms with E-state index in [1.165, 1.54) is 18.0 Å². The Hall–Kier alpha value is -2.39. The van der Waals surface area contributed by atoms with E-state index in [-0.39, 0.29) is 11.5 Å². The first-order chi connectivity index (χ1) is 11.7. The van der Waals surface area contributed by atoms with Crippen LogP contribution in [0.1, 0.15) is 16.1 Å². The number of benzene rings is 1. The summed E-state index contributed by atoms with van der Waals surface area (Å²) in [5, 5.41) is 11.2. The second-order valence-electron chi connectivity index (χ2n) is 4.57. The van der Waals surface area contributed by atoms with Crippen LogP contribution in [0.3, 0.4) is 0 Å². The standard InChI is InChI=1S/C15H12BrN5O2S/c16-11-5-3-10(4-6-11)13(22)9-24-15-18-14(20-21-15)19-17-8-12-2-1-7-23-12/h1-8H,9H2,(H2,18,19,20,21)/b17-8-. The number of aromatic nitrogens is 3. The molecule has 0 aliphatic carbocycles. The number of halogens is 1. The van der Waals surface area contributed by atoms with Crippen LogP contribution in [0.25, 0.3) is 0 Å². The van der Waals surface area contributed by atoms with E-state index in [1.807, 2.05) is 12.1 Å². The SMILES string of the molecule is O=C(CSc1n[nH]c(N/N=C\c2ccco2)n1)c1ccc(Br)cc1. The number of carbonyl (C=O) groups is 1. The number of carbonyl (C=O) groups excluding carboxylic acids is 1. The number of hydrogen-bond donors (Lipinski definition) is 2. The van der Waals surface area contributed by atoms with Gasteiger partial charge in [0, 0.05) is 10.0 Å². The zero-order valence-electron chi connectivity index (χ0n) is 12.3. The second-order valence-corrected chi connectivity index (χ2v) is 6.43. The topological polar surface area (TPSA) is 96.2 Å². The number of thioether (sulfide) groups is 1. The summed E-state index contributed by atoms with van der Waals surface area (Å²) in [4.78, 5) is 16.3. The first kappa shape index (κ1) is 16.5. The molecule has 0 atom stereocenters. The maximum absolute atomic E-state index is 12.1. The van der Waals surface area contributed by atoms with Crippen molar-refractivity contribution in [3.8, 4) is 0 Å². The summed E-state index contributed by atoms with van der Waals surface area (Å²) < 4.78 is 6.05. The minimum Gasteiger partial charge on any atom is -0.463 e. The number of nitrogens with one attached hydrogen (secondary N) is 2. The molecule has 2 N–H and O–H groups in total. The van der Waals surface area contributed by atoms with Gasteiger partial charge >= 0.3 is 0 Å². The van der Waals surface area contributed by atoms with Crippen molar-refractivity contribution >= 4 is 45.6 Å². The highest BCUT2D eigenvalue weighted by atomic mass is 79.9. The van der Waals surface area contributed by atoms with Crippen molar-refractivity contribution in [3.63, 3.8) is 0 Å². The molecule has 7 nitrogen and oxygen atoms in total. The molecule has 0 saturated heterocycles.